The second-order valence-corrected chi connectivity index (χ2v) is 6.97. The Bertz CT molecular complexity index is 993. The molecule has 1 N–H and O–H groups in total. The molecule has 26 heavy (non-hydrogen) atoms. The molecule has 7 heteroatoms. The van der Waals surface area contributed by atoms with Crippen LogP contribution in [0.1, 0.15) is 31.2 Å². The number of nitrogens with one attached hydrogen (secondary N) is 1. The van der Waals surface area contributed by atoms with Gasteiger partial charge in [-0.3, -0.25) is 14.2 Å². The fourth-order valence-electron chi connectivity index (χ4n) is 2.86. The lowest BCUT2D eigenvalue weighted by atomic mass is 10.2. The van der Waals surface area contributed by atoms with Crippen LogP contribution in [0.4, 0.5) is 5.69 Å². The van der Waals surface area contributed by atoms with Crippen LogP contribution in [-0.2, 0) is 11.2 Å². The van der Waals surface area contributed by atoms with Gasteiger partial charge in [0.05, 0.1) is 24.5 Å². The number of para-hydroxylation sites is 2. The molecule has 0 fully saturated rings. The molecule has 1 unspecified atom stereocenters. The van der Waals surface area contributed by atoms with Crippen LogP contribution in [0.25, 0.3) is 10.2 Å². The van der Waals surface area contributed by atoms with Gasteiger partial charge in [0.25, 0.3) is 5.56 Å². The van der Waals surface area contributed by atoms with Crippen molar-refractivity contribution in [3.63, 3.8) is 0 Å². The van der Waals surface area contributed by atoms with Crippen LogP contribution in [0.15, 0.2) is 41.5 Å². The van der Waals surface area contributed by atoms with E-state index in [-0.39, 0.29) is 11.5 Å². The van der Waals surface area contributed by atoms with Gasteiger partial charge in [-0.15, -0.1) is 11.3 Å². The number of anilines is 1. The predicted molar refractivity (Wildman–Crippen MR) is 104 cm³/mol. The first-order valence-electron chi connectivity index (χ1n) is 8.52. The SMILES string of the molecule is CCc1cc2c(=O)n(C(CC)C(=O)Nc3ccccc3OC)cnc2s1. The van der Waals surface area contributed by atoms with Crippen molar-refractivity contribution in [2.24, 2.45) is 0 Å². The molecule has 0 aliphatic heterocycles. The van der Waals surface area contributed by atoms with Crippen LogP contribution in [0.3, 0.4) is 0 Å². The monoisotopic (exact) mass is 371 g/mol. The van der Waals surface area contributed by atoms with E-state index in [0.717, 1.165) is 11.3 Å². The minimum Gasteiger partial charge on any atom is -0.495 e. The number of hydrogen-bond donors (Lipinski definition) is 1. The maximum Gasteiger partial charge on any atom is 0.262 e. The molecular weight excluding hydrogens is 350 g/mol. The summed E-state index contributed by atoms with van der Waals surface area (Å²) in [6, 6.07) is 8.41. The Morgan fingerprint density at radius 3 is 2.81 bits per heavy atom. The Labute approximate surface area is 155 Å². The number of benzene rings is 1. The van der Waals surface area contributed by atoms with Gasteiger partial charge in [0.1, 0.15) is 16.6 Å². The van der Waals surface area contributed by atoms with Crippen molar-refractivity contribution in [2.45, 2.75) is 32.7 Å². The highest BCUT2D eigenvalue weighted by Gasteiger charge is 2.22. The molecule has 0 saturated carbocycles. The number of hydrogen-bond acceptors (Lipinski definition) is 5. The van der Waals surface area contributed by atoms with Crippen molar-refractivity contribution in [3.05, 3.63) is 51.9 Å². The largest absolute Gasteiger partial charge is 0.495 e. The molecule has 1 amide bonds. The van der Waals surface area contributed by atoms with E-state index in [2.05, 4.69) is 10.3 Å². The van der Waals surface area contributed by atoms with Crippen LogP contribution in [-0.4, -0.2) is 22.6 Å². The Hall–Kier alpha value is -2.67. The van der Waals surface area contributed by atoms with Crippen molar-refractivity contribution in [3.8, 4) is 5.75 Å². The summed E-state index contributed by atoms with van der Waals surface area (Å²) in [6.45, 7) is 3.91. The number of amides is 1. The van der Waals surface area contributed by atoms with Crippen LogP contribution in [0.5, 0.6) is 5.75 Å². The fraction of sp³-hybridized carbons (Fsp3) is 0.316. The molecule has 136 valence electrons. The summed E-state index contributed by atoms with van der Waals surface area (Å²) in [5.41, 5.74) is 0.386. The van der Waals surface area contributed by atoms with Gasteiger partial charge in [-0.05, 0) is 31.0 Å². The van der Waals surface area contributed by atoms with E-state index in [4.69, 9.17) is 4.74 Å². The average Bonchev–Trinajstić information content (AvgIpc) is 3.09. The summed E-state index contributed by atoms with van der Waals surface area (Å²) in [6.07, 6.45) is 2.79. The Kier molecular flexibility index (Phi) is 5.37. The van der Waals surface area contributed by atoms with E-state index in [0.29, 0.717) is 28.1 Å². The fourth-order valence-corrected chi connectivity index (χ4v) is 3.78. The maximum atomic E-state index is 12.9. The van der Waals surface area contributed by atoms with Gasteiger partial charge >= 0.3 is 0 Å². The van der Waals surface area contributed by atoms with E-state index in [1.807, 2.05) is 32.0 Å². The number of fused-ring (bicyclic) bond motifs is 1. The number of ether oxygens (including phenoxy) is 1. The number of methoxy groups -OCH3 is 1. The molecule has 0 spiro atoms. The van der Waals surface area contributed by atoms with Crippen molar-refractivity contribution >= 4 is 33.1 Å². The highest BCUT2D eigenvalue weighted by molar-refractivity contribution is 7.18. The number of aromatic nitrogens is 2. The number of carbonyl (C=O) groups is 1. The third-order valence-electron chi connectivity index (χ3n) is 4.27. The second-order valence-electron chi connectivity index (χ2n) is 5.86. The van der Waals surface area contributed by atoms with E-state index in [1.54, 1.807) is 19.2 Å². The van der Waals surface area contributed by atoms with E-state index >= 15 is 0 Å². The highest BCUT2D eigenvalue weighted by Crippen LogP contribution is 2.25. The van der Waals surface area contributed by atoms with Crippen molar-refractivity contribution in [1.29, 1.82) is 0 Å². The van der Waals surface area contributed by atoms with Crippen molar-refractivity contribution in [2.75, 3.05) is 12.4 Å². The minimum atomic E-state index is -0.644. The molecule has 2 heterocycles. The molecule has 0 radical (unpaired) electrons. The van der Waals surface area contributed by atoms with Gasteiger partial charge in [-0.25, -0.2) is 4.98 Å². The molecule has 2 aromatic heterocycles. The molecule has 0 aliphatic carbocycles. The van der Waals surface area contributed by atoms with Crippen LogP contribution in [0, 0.1) is 0 Å². The molecule has 6 nitrogen and oxygen atoms in total. The molecule has 1 atom stereocenters. The predicted octanol–water partition coefficient (Wildman–Crippen LogP) is 3.62. The lowest BCUT2D eigenvalue weighted by Gasteiger charge is -2.18. The zero-order chi connectivity index (χ0) is 18.7. The smallest absolute Gasteiger partial charge is 0.262 e. The van der Waals surface area contributed by atoms with Gasteiger partial charge in [0.15, 0.2) is 0 Å². The normalized spacial score (nSPS) is 12.1. The lowest BCUT2D eigenvalue weighted by molar-refractivity contribution is -0.119. The van der Waals surface area contributed by atoms with E-state index < -0.39 is 6.04 Å². The number of rotatable bonds is 6. The summed E-state index contributed by atoms with van der Waals surface area (Å²) < 4.78 is 6.68. The molecule has 3 rings (SSSR count). The summed E-state index contributed by atoms with van der Waals surface area (Å²) >= 11 is 1.51. The first kappa shape index (κ1) is 18.1. The Morgan fingerprint density at radius 1 is 1.35 bits per heavy atom. The van der Waals surface area contributed by atoms with Gasteiger partial charge in [0, 0.05) is 4.88 Å². The molecular formula is C19H21N3O3S. The van der Waals surface area contributed by atoms with Crippen LogP contribution in [0.2, 0.25) is 0 Å². The zero-order valence-corrected chi connectivity index (χ0v) is 15.8. The van der Waals surface area contributed by atoms with Gasteiger partial charge in [-0.2, -0.15) is 0 Å². The number of carbonyl (C=O) groups excluding carboxylic acids is 1. The third-order valence-corrected chi connectivity index (χ3v) is 5.45. The van der Waals surface area contributed by atoms with Gasteiger partial charge in [0.2, 0.25) is 5.91 Å². The molecule has 3 aromatic rings. The first-order chi connectivity index (χ1) is 12.6. The van der Waals surface area contributed by atoms with Crippen LogP contribution < -0.4 is 15.6 Å². The van der Waals surface area contributed by atoms with Crippen LogP contribution >= 0.6 is 11.3 Å². The number of aryl methyl sites for hydroxylation is 1. The lowest BCUT2D eigenvalue weighted by Crippen LogP contribution is -2.33. The minimum absolute atomic E-state index is 0.187. The second kappa shape index (κ2) is 7.70. The summed E-state index contributed by atoms with van der Waals surface area (Å²) in [7, 11) is 1.55. The van der Waals surface area contributed by atoms with E-state index in [1.165, 1.54) is 22.2 Å². The van der Waals surface area contributed by atoms with Gasteiger partial charge in [-0.1, -0.05) is 26.0 Å². The quantitative estimate of drug-likeness (QED) is 0.718. The van der Waals surface area contributed by atoms with Crippen molar-refractivity contribution in [1.82, 2.24) is 9.55 Å². The van der Waals surface area contributed by atoms with Gasteiger partial charge < -0.3 is 10.1 Å². The highest BCUT2D eigenvalue weighted by atomic mass is 32.1. The topological polar surface area (TPSA) is 73.2 Å². The summed E-state index contributed by atoms with van der Waals surface area (Å²) in [5.74, 6) is 0.299. The third kappa shape index (κ3) is 3.35. The first-order valence-corrected chi connectivity index (χ1v) is 9.34. The summed E-state index contributed by atoms with van der Waals surface area (Å²) in [4.78, 5) is 31.9. The standard InChI is InChI=1S/C19H21N3O3S/c1-4-12-10-13-18(26-12)20-11-22(19(13)24)15(5-2)17(23)21-14-8-6-7-9-16(14)25-3/h6-11,15H,4-5H2,1-3H3,(H,21,23). The van der Waals surface area contributed by atoms with E-state index in [9.17, 15) is 9.59 Å². The molecule has 1 aromatic carbocycles. The summed E-state index contributed by atoms with van der Waals surface area (Å²) in [5, 5.41) is 3.42. The number of thiophene rings is 1. The maximum absolute atomic E-state index is 12.9. The Morgan fingerprint density at radius 2 is 2.12 bits per heavy atom. The van der Waals surface area contributed by atoms with Crippen molar-refractivity contribution < 1.29 is 9.53 Å². The molecule has 0 bridgehead atoms. The average molecular weight is 371 g/mol. The zero-order valence-electron chi connectivity index (χ0n) is 15.0. The molecule has 0 aliphatic rings. The Balaban J connectivity index is 1.95. The molecule has 0 saturated heterocycles. The number of nitrogens with zero attached hydrogens (tertiary/aromatic N) is 2.